The largest absolute Gasteiger partial charge is 0.391 e. The van der Waals surface area contributed by atoms with Crippen molar-refractivity contribution in [3.05, 3.63) is 24.0 Å². The van der Waals surface area contributed by atoms with Crippen molar-refractivity contribution in [2.75, 3.05) is 19.8 Å². The number of carbonyl (C=O) groups is 1. The molecule has 2 aliphatic rings. The highest BCUT2D eigenvalue weighted by Gasteiger charge is 2.42. The van der Waals surface area contributed by atoms with Crippen molar-refractivity contribution in [1.29, 1.82) is 0 Å². The number of ether oxygens (including phenoxy) is 1. The molecule has 1 amide bonds. The van der Waals surface area contributed by atoms with Gasteiger partial charge in [0.05, 0.1) is 5.92 Å². The van der Waals surface area contributed by atoms with Gasteiger partial charge in [-0.15, -0.1) is 0 Å². The Morgan fingerprint density at radius 2 is 1.89 bits per heavy atom. The van der Waals surface area contributed by atoms with Crippen LogP contribution in [0.3, 0.4) is 0 Å². The van der Waals surface area contributed by atoms with Gasteiger partial charge < -0.3 is 15.0 Å². The van der Waals surface area contributed by atoms with Crippen LogP contribution in [-0.2, 0) is 9.53 Å². The highest BCUT2D eigenvalue weighted by molar-refractivity contribution is 5.93. The molecule has 2 atom stereocenters. The van der Waals surface area contributed by atoms with Gasteiger partial charge in [-0.2, -0.15) is 13.2 Å². The molecule has 1 N–H and O–H groups in total. The summed E-state index contributed by atoms with van der Waals surface area (Å²) in [5, 5.41) is 3.02. The maximum Gasteiger partial charge on any atom is 0.391 e. The zero-order valence-corrected chi connectivity index (χ0v) is 16.3. The smallest absolute Gasteiger partial charge is 0.381 e. The van der Waals surface area contributed by atoms with Gasteiger partial charge in [-0.1, -0.05) is 13.0 Å². The predicted octanol–water partition coefficient (Wildman–Crippen LogP) is 4.39. The molecular formula is C20H31F3N2O2. The number of hydrogen-bond acceptors (Lipinski definition) is 3. The minimum Gasteiger partial charge on any atom is -0.381 e. The zero-order chi connectivity index (χ0) is 20.0. The van der Waals surface area contributed by atoms with Gasteiger partial charge in [-0.3, -0.25) is 4.79 Å². The summed E-state index contributed by atoms with van der Waals surface area (Å²) in [6.45, 7) is 9.12. The number of nitrogens with one attached hydrogen (secondary N) is 1. The molecule has 154 valence electrons. The standard InChI is InChI=1S/C20H31F3N2O2/c1-4-25(13-16-6-5-7-17(12-16)20(21,22)23)15(3)14(2)19(26)24-18-8-10-27-11-9-18/h4,16-18H,1,5-13H2,2-3H3,(H,24,26). The van der Waals surface area contributed by atoms with Gasteiger partial charge in [-0.05, 0) is 58.1 Å². The van der Waals surface area contributed by atoms with Crippen LogP contribution in [0.15, 0.2) is 24.0 Å². The quantitative estimate of drug-likeness (QED) is 0.686. The van der Waals surface area contributed by atoms with Crippen LogP contribution in [0.2, 0.25) is 0 Å². The van der Waals surface area contributed by atoms with E-state index < -0.39 is 12.1 Å². The lowest BCUT2D eigenvalue weighted by atomic mass is 9.80. The zero-order valence-electron chi connectivity index (χ0n) is 16.3. The summed E-state index contributed by atoms with van der Waals surface area (Å²) in [6, 6.07) is 0.108. The molecule has 0 aromatic carbocycles. The van der Waals surface area contributed by atoms with E-state index in [-0.39, 0.29) is 30.7 Å². The Balaban J connectivity index is 1.98. The molecule has 2 rings (SSSR count). The molecule has 1 saturated heterocycles. The first-order valence-electron chi connectivity index (χ1n) is 9.74. The van der Waals surface area contributed by atoms with Crippen LogP contribution >= 0.6 is 0 Å². The number of halogens is 3. The molecule has 27 heavy (non-hydrogen) atoms. The number of nitrogens with zero attached hydrogens (tertiary/aromatic N) is 1. The van der Waals surface area contributed by atoms with Crippen molar-refractivity contribution in [2.24, 2.45) is 11.8 Å². The Morgan fingerprint density at radius 1 is 1.22 bits per heavy atom. The molecule has 4 nitrogen and oxygen atoms in total. The van der Waals surface area contributed by atoms with E-state index >= 15 is 0 Å². The lowest BCUT2D eigenvalue weighted by molar-refractivity contribution is -0.185. The summed E-state index contributed by atoms with van der Waals surface area (Å²) in [4.78, 5) is 14.4. The molecular weight excluding hydrogens is 357 g/mol. The molecule has 7 heteroatoms. The summed E-state index contributed by atoms with van der Waals surface area (Å²) < 4.78 is 44.4. The molecule has 1 heterocycles. The second-order valence-electron chi connectivity index (χ2n) is 7.68. The van der Waals surface area contributed by atoms with E-state index in [1.54, 1.807) is 13.1 Å². The Hall–Kier alpha value is -1.50. The van der Waals surface area contributed by atoms with Gasteiger partial charge in [0.2, 0.25) is 5.91 Å². The summed E-state index contributed by atoms with van der Waals surface area (Å²) in [6.07, 6.45) is 0.807. The van der Waals surface area contributed by atoms with Crippen molar-refractivity contribution in [1.82, 2.24) is 10.2 Å². The molecule has 2 fully saturated rings. The van der Waals surface area contributed by atoms with E-state index in [1.807, 2.05) is 11.8 Å². The normalized spacial score (nSPS) is 25.5. The topological polar surface area (TPSA) is 41.6 Å². The fourth-order valence-electron chi connectivity index (χ4n) is 3.90. The van der Waals surface area contributed by atoms with Crippen LogP contribution in [-0.4, -0.2) is 42.8 Å². The van der Waals surface area contributed by atoms with E-state index in [2.05, 4.69) is 11.9 Å². The van der Waals surface area contributed by atoms with Gasteiger partial charge in [0.1, 0.15) is 0 Å². The summed E-state index contributed by atoms with van der Waals surface area (Å²) in [5.74, 6) is -1.40. The second kappa shape index (κ2) is 9.62. The van der Waals surface area contributed by atoms with Gasteiger partial charge >= 0.3 is 6.18 Å². The highest BCUT2D eigenvalue weighted by Crippen LogP contribution is 2.40. The third-order valence-corrected chi connectivity index (χ3v) is 5.79. The third-order valence-electron chi connectivity index (χ3n) is 5.79. The average Bonchev–Trinajstić information content (AvgIpc) is 2.65. The number of carbonyl (C=O) groups excluding carboxylic acids is 1. The average molecular weight is 388 g/mol. The fraction of sp³-hybridized carbons (Fsp3) is 0.750. The Labute approximate surface area is 159 Å². The van der Waals surface area contributed by atoms with E-state index in [1.165, 1.54) is 0 Å². The minimum atomic E-state index is -4.12. The number of hydrogen-bond donors (Lipinski definition) is 1. The maximum absolute atomic E-state index is 13.0. The van der Waals surface area contributed by atoms with Gasteiger partial charge in [-0.25, -0.2) is 0 Å². The first-order chi connectivity index (χ1) is 12.7. The van der Waals surface area contributed by atoms with Crippen molar-refractivity contribution in [3.8, 4) is 0 Å². The number of rotatable bonds is 6. The molecule has 2 unspecified atom stereocenters. The number of allylic oxidation sites excluding steroid dienone is 1. The summed E-state index contributed by atoms with van der Waals surface area (Å²) in [5.41, 5.74) is 1.31. The fourth-order valence-corrected chi connectivity index (χ4v) is 3.90. The number of amides is 1. The van der Waals surface area contributed by atoms with Crippen LogP contribution in [0.25, 0.3) is 0 Å². The van der Waals surface area contributed by atoms with Crippen molar-refractivity contribution in [2.45, 2.75) is 64.6 Å². The van der Waals surface area contributed by atoms with Crippen LogP contribution < -0.4 is 5.32 Å². The van der Waals surface area contributed by atoms with Crippen molar-refractivity contribution < 1.29 is 22.7 Å². The van der Waals surface area contributed by atoms with Crippen LogP contribution in [0.5, 0.6) is 0 Å². The van der Waals surface area contributed by atoms with Crippen molar-refractivity contribution in [3.63, 3.8) is 0 Å². The maximum atomic E-state index is 13.0. The molecule has 0 spiro atoms. The van der Waals surface area contributed by atoms with E-state index in [9.17, 15) is 18.0 Å². The van der Waals surface area contributed by atoms with Crippen LogP contribution in [0.1, 0.15) is 52.4 Å². The first-order valence-corrected chi connectivity index (χ1v) is 9.74. The Bertz CT molecular complexity index is 554. The SMILES string of the molecule is C=CN(CC1CCCC(C(F)(F)F)C1)C(C)=C(C)C(=O)NC1CCOCC1. The van der Waals surface area contributed by atoms with Gasteiger partial charge in [0.25, 0.3) is 0 Å². The molecule has 0 bridgehead atoms. The minimum absolute atomic E-state index is 0.0512. The summed E-state index contributed by atoms with van der Waals surface area (Å²) >= 11 is 0. The van der Waals surface area contributed by atoms with E-state index in [0.29, 0.717) is 31.8 Å². The molecule has 0 aromatic heterocycles. The highest BCUT2D eigenvalue weighted by atomic mass is 19.4. The first kappa shape index (κ1) is 21.8. The molecule has 0 radical (unpaired) electrons. The second-order valence-corrected chi connectivity index (χ2v) is 7.68. The monoisotopic (exact) mass is 388 g/mol. The van der Waals surface area contributed by atoms with Crippen molar-refractivity contribution >= 4 is 5.91 Å². The Morgan fingerprint density at radius 3 is 2.48 bits per heavy atom. The van der Waals surface area contributed by atoms with Crippen LogP contribution in [0.4, 0.5) is 13.2 Å². The molecule has 1 aliphatic carbocycles. The molecule has 0 aromatic rings. The number of alkyl halides is 3. The van der Waals surface area contributed by atoms with E-state index in [4.69, 9.17) is 4.74 Å². The molecule has 1 aliphatic heterocycles. The Kier molecular flexibility index (Phi) is 7.77. The summed E-state index contributed by atoms with van der Waals surface area (Å²) in [7, 11) is 0. The molecule has 1 saturated carbocycles. The lowest BCUT2D eigenvalue weighted by Crippen LogP contribution is -2.40. The predicted molar refractivity (Wildman–Crippen MR) is 98.8 cm³/mol. The lowest BCUT2D eigenvalue weighted by Gasteiger charge is -2.34. The third kappa shape index (κ3) is 6.26. The van der Waals surface area contributed by atoms with Gasteiger partial charge in [0, 0.05) is 37.1 Å². The van der Waals surface area contributed by atoms with Gasteiger partial charge in [0.15, 0.2) is 0 Å². The van der Waals surface area contributed by atoms with Crippen LogP contribution in [0, 0.1) is 11.8 Å². The van der Waals surface area contributed by atoms with E-state index in [0.717, 1.165) is 25.0 Å².